The van der Waals surface area contributed by atoms with E-state index in [1.54, 1.807) is 11.8 Å². The van der Waals surface area contributed by atoms with Crippen LogP contribution in [0.1, 0.15) is 42.5 Å². The van der Waals surface area contributed by atoms with E-state index in [-0.39, 0.29) is 18.4 Å². The zero-order chi connectivity index (χ0) is 21.4. The lowest BCUT2D eigenvalue weighted by atomic mass is 10.1. The lowest BCUT2D eigenvalue weighted by Crippen LogP contribution is -2.49. The van der Waals surface area contributed by atoms with Crippen LogP contribution in [-0.4, -0.2) is 35.9 Å². The molecule has 0 unspecified atom stereocenters. The number of hydrogen-bond acceptors (Lipinski definition) is 3. The van der Waals surface area contributed by atoms with Gasteiger partial charge in [-0.25, -0.2) is 0 Å². The first-order valence-corrected chi connectivity index (χ1v) is 10.1. The zero-order valence-electron chi connectivity index (χ0n) is 18.1. The largest absolute Gasteiger partial charge is 0.483 e. The van der Waals surface area contributed by atoms with Gasteiger partial charge < -0.3 is 15.0 Å². The van der Waals surface area contributed by atoms with Crippen LogP contribution in [0.2, 0.25) is 0 Å². The summed E-state index contributed by atoms with van der Waals surface area (Å²) >= 11 is 0. The van der Waals surface area contributed by atoms with E-state index in [0.29, 0.717) is 18.8 Å². The van der Waals surface area contributed by atoms with Crippen LogP contribution < -0.4 is 10.1 Å². The van der Waals surface area contributed by atoms with Crippen LogP contribution in [0.15, 0.2) is 42.5 Å². The molecule has 0 bridgehead atoms. The van der Waals surface area contributed by atoms with Gasteiger partial charge in [-0.1, -0.05) is 48.9 Å². The first-order valence-electron chi connectivity index (χ1n) is 10.1. The molecule has 2 amide bonds. The van der Waals surface area contributed by atoms with E-state index >= 15 is 0 Å². The van der Waals surface area contributed by atoms with Gasteiger partial charge >= 0.3 is 0 Å². The molecule has 0 saturated heterocycles. The number of ether oxygens (including phenoxy) is 1. The minimum atomic E-state index is -0.586. The molecule has 0 heterocycles. The monoisotopic (exact) mass is 396 g/mol. The van der Waals surface area contributed by atoms with Crippen LogP contribution in [0.25, 0.3) is 0 Å². The third-order valence-electron chi connectivity index (χ3n) is 5.10. The molecular weight excluding hydrogens is 364 g/mol. The quantitative estimate of drug-likeness (QED) is 0.699. The number of rotatable bonds is 9. The van der Waals surface area contributed by atoms with Crippen molar-refractivity contribution >= 4 is 11.8 Å². The fourth-order valence-corrected chi connectivity index (χ4v) is 2.97. The van der Waals surface area contributed by atoms with Gasteiger partial charge in [-0.15, -0.1) is 0 Å². The Morgan fingerprint density at radius 1 is 1.07 bits per heavy atom. The molecule has 156 valence electrons. The second kappa shape index (κ2) is 10.6. The van der Waals surface area contributed by atoms with E-state index in [0.717, 1.165) is 28.7 Å². The summed E-state index contributed by atoms with van der Waals surface area (Å²) in [5.74, 6) is 0.321. The summed E-state index contributed by atoms with van der Waals surface area (Å²) in [6, 6.07) is 13.2. The van der Waals surface area contributed by atoms with Crippen molar-refractivity contribution in [2.75, 3.05) is 13.2 Å². The lowest BCUT2D eigenvalue weighted by Gasteiger charge is -2.29. The van der Waals surface area contributed by atoms with Gasteiger partial charge in [-0.3, -0.25) is 9.59 Å². The molecule has 0 aromatic heterocycles. The average molecular weight is 397 g/mol. The van der Waals surface area contributed by atoms with E-state index in [1.165, 1.54) is 0 Å². The van der Waals surface area contributed by atoms with Crippen LogP contribution in [0.4, 0.5) is 0 Å². The maximum absolute atomic E-state index is 13.0. The number of amides is 2. The topological polar surface area (TPSA) is 58.6 Å². The van der Waals surface area contributed by atoms with Gasteiger partial charge in [0.25, 0.3) is 5.91 Å². The molecule has 0 aliphatic rings. The average Bonchev–Trinajstić information content (AvgIpc) is 2.71. The van der Waals surface area contributed by atoms with Crippen molar-refractivity contribution < 1.29 is 14.3 Å². The van der Waals surface area contributed by atoms with E-state index in [2.05, 4.69) is 5.32 Å². The second-order valence-corrected chi connectivity index (χ2v) is 7.46. The molecule has 0 radical (unpaired) electrons. The number of benzene rings is 2. The summed E-state index contributed by atoms with van der Waals surface area (Å²) in [6.07, 6.45) is 0.847. The summed E-state index contributed by atoms with van der Waals surface area (Å²) in [5, 5.41) is 2.88. The molecule has 1 atom stereocenters. The normalized spacial score (nSPS) is 11.6. The van der Waals surface area contributed by atoms with Gasteiger partial charge in [0.2, 0.25) is 5.91 Å². The highest BCUT2D eigenvalue weighted by atomic mass is 16.5. The van der Waals surface area contributed by atoms with Gasteiger partial charge in [0.1, 0.15) is 11.8 Å². The Kier molecular flexibility index (Phi) is 8.25. The Bertz CT molecular complexity index is 831. The van der Waals surface area contributed by atoms with Crippen molar-refractivity contribution in [3.05, 3.63) is 64.7 Å². The van der Waals surface area contributed by atoms with E-state index < -0.39 is 6.04 Å². The molecule has 2 rings (SSSR count). The van der Waals surface area contributed by atoms with Gasteiger partial charge in [0, 0.05) is 13.1 Å². The maximum atomic E-state index is 13.0. The first kappa shape index (κ1) is 22.5. The van der Waals surface area contributed by atoms with Crippen molar-refractivity contribution in [3.8, 4) is 5.75 Å². The number of nitrogens with zero attached hydrogens (tertiary/aromatic N) is 1. The summed E-state index contributed by atoms with van der Waals surface area (Å²) < 4.78 is 5.81. The van der Waals surface area contributed by atoms with Crippen molar-refractivity contribution in [1.29, 1.82) is 0 Å². The highest BCUT2D eigenvalue weighted by Crippen LogP contribution is 2.21. The molecule has 5 nitrogen and oxygen atoms in total. The highest BCUT2D eigenvalue weighted by molar-refractivity contribution is 5.87. The lowest BCUT2D eigenvalue weighted by molar-refractivity contribution is -0.142. The molecule has 0 aliphatic carbocycles. The Labute approximate surface area is 174 Å². The van der Waals surface area contributed by atoms with Gasteiger partial charge in [-0.2, -0.15) is 0 Å². The van der Waals surface area contributed by atoms with Gasteiger partial charge in [0.05, 0.1) is 0 Å². The minimum Gasteiger partial charge on any atom is -0.483 e. The van der Waals surface area contributed by atoms with Crippen molar-refractivity contribution in [2.24, 2.45) is 0 Å². The standard InChI is InChI=1S/C24H32N2O3/c1-6-14-25-24(28)20(5)26(15-21-12-10-17(2)11-13-21)23(27)16-29-22-9-7-8-18(3)19(22)4/h7-13,20H,6,14-16H2,1-5H3,(H,25,28)/t20-/m1/s1. The van der Waals surface area contributed by atoms with E-state index in [9.17, 15) is 9.59 Å². The summed E-state index contributed by atoms with van der Waals surface area (Å²) in [5.41, 5.74) is 4.25. The molecule has 2 aromatic carbocycles. The van der Waals surface area contributed by atoms with Crippen molar-refractivity contribution in [3.63, 3.8) is 0 Å². The van der Waals surface area contributed by atoms with Crippen molar-refractivity contribution in [2.45, 2.75) is 53.6 Å². The van der Waals surface area contributed by atoms with Crippen LogP contribution in [-0.2, 0) is 16.1 Å². The van der Waals surface area contributed by atoms with Crippen LogP contribution in [0.5, 0.6) is 5.75 Å². The van der Waals surface area contributed by atoms with Gasteiger partial charge in [0.15, 0.2) is 6.61 Å². The minimum absolute atomic E-state index is 0.110. The summed E-state index contributed by atoms with van der Waals surface area (Å²) in [4.78, 5) is 27.1. The summed E-state index contributed by atoms with van der Waals surface area (Å²) in [6.45, 7) is 10.6. The Balaban J connectivity index is 2.15. The highest BCUT2D eigenvalue weighted by Gasteiger charge is 2.26. The Morgan fingerprint density at radius 2 is 1.76 bits per heavy atom. The third-order valence-corrected chi connectivity index (χ3v) is 5.10. The number of carbonyl (C=O) groups is 2. The first-order chi connectivity index (χ1) is 13.8. The van der Waals surface area contributed by atoms with Gasteiger partial charge in [-0.05, 0) is 56.9 Å². The Hall–Kier alpha value is -2.82. The summed E-state index contributed by atoms with van der Waals surface area (Å²) in [7, 11) is 0. The van der Waals surface area contributed by atoms with E-state index in [1.807, 2.05) is 70.2 Å². The van der Waals surface area contributed by atoms with Crippen molar-refractivity contribution in [1.82, 2.24) is 10.2 Å². The fraction of sp³-hybridized carbons (Fsp3) is 0.417. The Morgan fingerprint density at radius 3 is 2.41 bits per heavy atom. The molecule has 0 spiro atoms. The maximum Gasteiger partial charge on any atom is 0.261 e. The SMILES string of the molecule is CCCNC(=O)[C@@H](C)N(Cc1ccc(C)cc1)C(=O)COc1cccc(C)c1C. The van der Waals surface area contributed by atoms with Crippen LogP contribution in [0.3, 0.4) is 0 Å². The second-order valence-electron chi connectivity index (χ2n) is 7.46. The fourth-order valence-electron chi connectivity index (χ4n) is 2.97. The molecule has 0 fully saturated rings. The van der Waals surface area contributed by atoms with Crippen LogP contribution >= 0.6 is 0 Å². The molecule has 1 N–H and O–H groups in total. The van der Waals surface area contributed by atoms with Crippen LogP contribution in [0, 0.1) is 20.8 Å². The molecular formula is C24H32N2O3. The smallest absolute Gasteiger partial charge is 0.261 e. The number of nitrogens with one attached hydrogen (secondary N) is 1. The third kappa shape index (κ3) is 6.34. The molecule has 5 heteroatoms. The molecule has 29 heavy (non-hydrogen) atoms. The number of hydrogen-bond donors (Lipinski definition) is 1. The number of carbonyl (C=O) groups excluding carboxylic acids is 2. The molecule has 2 aromatic rings. The predicted octanol–water partition coefficient (Wildman–Crippen LogP) is 3.93. The predicted molar refractivity (Wildman–Crippen MR) is 116 cm³/mol. The zero-order valence-corrected chi connectivity index (χ0v) is 18.1. The van der Waals surface area contributed by atoms with E-state index in [4.69, 9.17) is 4.74 Å². The number of aryl methyl sites for hydroxylation is 2. The molecule has 0 saturated carbocycles. The molecule has 0 aliphatic heterocycles.